The summed E-state index contributed by atoms with van der Waals surface area (Å²) >= 11 is 0. The van der Waals surface area contributed by atoms with Crippen LogP contribution in [0.25, 0.3) is 0 Å². The molecule has 0 N–H and O–H groups in total. The van der Waals surface area contributed by atoms with Crippen LogP contribution in [0.1, 0.15) is 197 Å². The zero-order valence-corrected chi connectivity index (χ0v) is 35.0. The van der Waals surface area contributed by atoms with Crippen molar-refractivity contribution in [2.75, 3.05) is 13.2 Å². The largest absolute Gasteiger partial charge is 0.466 e. The molecular weight excluding hydrogens is 652 g/mol. The predicted molar refractivity (Wildman–Crippen MR) is 213 cm³/mol. The molecule has 0 aliphatic carbocycles. The van der Waals surface area contributed by atoms with Gasteiger partial charge in [0, 0.05) is 38.2 Å². The van der Waals surface area contributed by atoms with E-state index in [0.717, 1.165) is 129 Å². The number of imidazole rings is 1. The van der Waals surface area contributed by atoms with Crippen molar-refractivity contribution in [3.05, 3.63) is 18.7 Å². The van der Waals surface area contributed by atoms with Gasteiger partial charge in [-0.25, -0.2) is 4.98 Å². The number of unbranched alkanes of at least 4 members (excludes halogenated alkanes) is 10. The molecule has 0 amide bonds. The van der Waals surface area contributed by atoms with Gasteiger partial charge in [0.25, 0.3) is 0 Å². The summed E-state index contributed by atoms with van der Waals surface area (Å²) in [6.07, 6.45) is 26.3. The molecule has 302 valence electrons. The number of hydrogen-bond acceptors (Lipinski definition) is 7. The Kier molecular flexibility index (Phi) is 25.8. The monoisotopic (exact) mass is 733 g/mol. The summed E-state index contributed by atoms with van der Waals surface area (Å²) in [7, 11) is 0. The van der Waals surface area contributed by atoms with E-state index in [1.165, 1.54) is 0 Å². The lowest BCUT2D eigenvalue weighted by atomic mass is 9.84. The molecule has 2 unspecified atom stereocenters. The smallest absolute Gasteiger partial charge is 0.306 e. The first-order valence-electron chi connectivity index (χ1n) is 21.1. The van der Waals surface area contributed by atoms with Crippen molar-refractivity contribution in [2.24, 2.45) is 22.7 Å². The van der Waals surface area contributed by atoms with Crippen LogP contribution in [0.4, 0.5) is 0 Å². The minimum absolute atomic E-state index is 0.0254. The maximum atomic E-state index is 12.7. The Bertz CT molecular complexity index is 986. The summed E-state index contributed by atoms with van der Waals surface area (Å²) in [5.74, 6) is 0.892. The van der Waals surface area contributed by atoms with E-state index in [4.69, 9.17) is 14.2 Å². The van der Waals surface area contributed by atoms with E-state index in [1.54, 1.807) is 12.5 Å². The van der Waals surface area contributed by atoms with Gasteiger partial charge in [-0.05, 0) is 93.3 Å². The van der Waals surface area contributed by atoms with Crippen LogP contribution in [0.5, 0.6) is 0 Å². The number of ether oxygens (including phenoxy) is 3. The van der Waals surface area contributed by atoms with Crippen molar-refractivity contribution in [1.82, 2.24) is 9.55 Å². The van der Waals surface area contributed by atoms with Crippen LogP contribution >= 0.6 is 0 Å². The summed E-state index contributed by atoms with van der Waals surface area (Å²) in [4.78, 5) is 41.0. The predicted octanol–water partition coefficient (Wildman–Crippen LogP) is 11.8. The Morgan fingerprint density at radius 2 is 1.00 bits per heavy atom. The molecule has 0 bridgehead atoms. The summed E-state index contributed by atoms with van der Waals surface area (Å²) < 4.78 is 18.9. The van der Waals surface area contributed by atoms with Gasteiger partial charge in [-0.15, -0.1) is 0 Å². The van der Waals surface area contributed by atoms with Crippen molar-refractivity contribution in [1.29, 1.82) is 0 Å². The van der Waals surface area contributed by atoms with Crippen LogP contribution in [0.2, 0.25) is 0 Å². The Morgan fingerprint density at radius 1 is 0.577 bits per heavy atom. The minimum atomic E-state index is -0.101. The quantitative estimate of drug-likeness (QED) is 0.0426. The highest BCUT2D eigenvalue weighted by atomic mass is 16.5. The molecule has 1 rings (SSSR count). The maximum absolute atomic E-state index is 12.7. The Labute approximate surface area is 319 Å². The zero-order valence-electron chi connectivity index (χ0n) is 35.0. The zero-order chi connectivity index (χ0) is 38.7. The third-order valence-corrected chi connectivity index (χ3v) is 9.64. The maximum Gasteiger partial charge on any atom is 0.306 e. The van der Waals surface area contributed by atoms with Gasteiger partial charge in [0.2, 0.25) is 0 Å². The number of nitrogens with zero attached hydrogens (tertiary/aromatic N) is 2. The molecule has 1 aromatic heterocycles. The van der Waals surface area contributed by atoms with Crippen molar-refractivity contribution >= 4 is 17.9 Å². The Morgan fingerprint density at radius 3 is 1.42 bits per heavy atom. The number of carbonyl (C=O) groups is 3. The van der Waals surface area contributed by atoms with Gasteiger partial charge >= 0.3 is 17.9 Å². The lowest BCUT2D eigenvalue weighted by Crippen LogP contribution is -2.18. The van der Waals surface area contributed by atoms with Crippen LogP contribution in [-0.2, 0) is 35.1 Å². The molecule has 0 spiro atoms. The Balaban J connectivity index is 2.23. The SMILES string of the molecule is CC(CCOC(=O)CCCCCCCCC(CCCCCCCCC(=O)OCCC(C)CC(C)(C)C)OC(=O)CCCn1ccnc1)CC(C)(C)C. The van der Waals surface area contributed by atoms with Gasteiger partial charge < -0.3 is 18.8 Å². The van der Waals surface area contributed by atoms with E-state index in [1.807, 2.05) is 10.8 Å². The second-order valence-electron chi connectivity index (χ2n) is 18.1. The second kappa shape index (κ2) is 28.1. The molecule has 0 aliphatic heterocycles. The third kappa shape index (κ3) is 30.1. The number of aryl methyl sites for hydroxylation is 1. The summed E-state index contributed by atoms with van der Waals surface area (Å²) in [5, 5.41) is 0. The summed E-state index contributed by atoms with van der Waals surface area (Å²) in [6.45, 7) is 19.8. The van der Waals surface area contributed by atoms with E-state index in [2.05, 4.69) is 60.4 Å². The molecule has 0 saturated carbocycles. The highest BCUT2D eigenvalue weighted by Crippen LogP contribution is 2.27. The average Bonchev–Trinajstić information content (AvgIpc) is 3.55. The number of esters is 3. The molecule has 0 aromatic carbocycles. The fourth-order valence-corrected chi connectivity index (χ4v) is 7.22. The molecule has 52 heavy (non-hydrogen) atoms. The molecule has 0 radical (unpaired) electrons. The van der Waals surface area contributed by atoms with E-state index in [-0.39, 0.29) is 24.0 Å². The molecule has 8 nitrogen and oxygen atoms in total. The molecule has 8 heteroatoms. The standard InChI is InChI=1S/C44H80N2O6/c1-37(34-43(3,4)5)27-32-50-40(47)24-19-15-11-9-13-17-22-39(52-42(49)26-21-30-46-31-29-45-36-46)23-18-14-10-12-16-20-25-41(48)51-33-28-38(2)35-44(6,7)8/h29,31,36-39H,9-28,30,32-35H2,1-8H3. The van der Waals surface area contributed by atoms with Gasteiger partial charge in [0.15, 0.2) is 0 Å². The first kappa shape index (κ1) is 47.6. The van der Waals surface area contributed by atoms with Gasteiger partial charge in [-0.3, -0.25) is 14.4 Å². The second-order valence-corrected chi connectivity index (χ2v) is 18.1. The minimum Gasteiger partial charge on any atom is -0.466 e. The highest BCUT2D eigenvalue weighted by Gasteiger charge is 2.17. The summed E-state index contributed by atoms with van der Waals surface area (Å²) in [5.41, 5.74) is 0.616. The van der Waals surface area contributed by atoms with Crippen molar-refractivity contribution in [3.63, 3.8) is 0 Å². The first-order chi connectivity index (χ1) is 24.6. The van der Waals surface area contributed by atoms with Gasteiger partial charge in [0.05, 0.1) is 19.5 Å². The van der Waals surface area contributed by atoms with Crippen LogP contribution in [0, 0.1) is 22.7 Å². The van der Waals surface area contributed by atoms with E-state index in [9.17, 15) is 14.4 Å². The molecular formula is C44H80N2O6. The summed E-state index contributed by atoms with van der Waals surface area (Å²) in [6, 6.07) is 0. The Hall–Kier alpha value is -2.38. The number of aromatic nitrogens is 2. The number of rotatable bonds is 31. The van der Waals surface area contributed by atoms with Crippen LogP contribution in [-0.4, -0.2) is 46.8 Å². The first-order valence-corrected chi connectivity index (χ1v) is 21.1. The lowest BCUT2D eigenvalue weighted by molar-refractivity contribution is -0.150. The highest BCUT2D eigenvalue weighted by molar-refractivity contribution is 5.70. The molecule has 0 aliphatic rings. The van der Waals surface area contributed by atoms with Gasteiger partial charge in [-0.1, -0.05) is 107 Å². The van der Waals surface area contributed by atoms with Crippen molar-refractivity contribution < 1.29 is 28.6 Å². The van der Waals surface area contributed by atoms with Crippen molar-refractivity contribution in [2.45, 2.75) is 209 Å². The fourth-order valence-electron chi connectivity index (χ4n) is 7.22. The normalized spacial score (nSPS) is 13.8. The molecule has 1 aromatic rings. The van der Waals surface area contributed by atoms with Crippen LogP contribution in [0.15, 0.2) is 18.7 Å². The lowest BCUT2D eigenvalue weighted by Gasteiger charge is -2.23. The van der Waals surface area contributed by atoms with Crippen LogP contribution < -0.4 is 0 Å². The molecule has 2 atom stereocenters. The van der Waals surface area contributed by atoms with E-state index in [0.29, 0.717) is 55.1 Å². The van der Waals surface area contributed by atoms with Crippen LogP contribution in [0.3, 0.4) is 0 Å². The van der Waals surface area contributed by atoms with Gasteiger partial charge in [-0.2, -0.15) is 0 Å². The molecule has 0 fully saturated rings. The van der Waals surface area contributed by atoms with Gasteiger partial charge in [0.1, 0.15) is 6.10 Å². The average molecular weight is 733 g/mol. The topological polar surface area (TPSA) is 96.7 Å². The number of carbonyl (C=O) groups excluding carboxylic acids is 3. The fraction of sp³-hybridized carbons (Fsp3) is 0.864. The molecule has 0 saturated heterocycles. The van der Waals surface area contributed by atoms with E-state index < -0.39 is 0 Å². The third-order valence-electron chi connectivity index (χ3n) is 9.64. The van der Waals surface area contributed by atoms with Crippen molar-refractivity contribution in [3.8, 4) is 0 Å². The van der Waals surface area contributed by atoms with E-state index >= 15 is 0 Å². The molecule has 1 heterocycles. The number of hydrogen-bond donors (Lipinski definition) is 0.